The molecule has 9 nitrogen and oxygen atoms in total. The summed E-state index contributed by atoms with van der Waals surface area (Å²) in [5, 5.41) is 12.8. The number of urea groups is 1. The van der Waals surface area contributed by atoms with Crippen molar-refractivity contribution in [2.75, 3.05) is 13.1 Å². The second-order valence-corrected chi connectivity index (χ2v) is 5.27. The molecule has 0 aromatic heterocycles. The van der Waals surface area contributed by atoms with Gasteiger partial charge in [0, 0.05) is 13.1 Å². The van der Waals surface area contributed by atoms with Crippen LogP contribution in [0.4, 0.5) is 14.9 Å². The maximum absolute atomic E-state index is 13.3. The fraction of sp³-hybridized carbons (Fsp3) is 0.222. The Labute approximate surface area is 113 Å². The number of nitrogens with one attached hydrogen (secondary N) is 2. The van der Waals surface area contributed by atoms with E-state index in [-0.39, 0.29) is 13.1 Å². The van der Waals surface area contributed by atoms with Crippen molar-refractivity contribution in [2.24, 2.45) is 5.73 Å². The maximum atomic E-state index is 13.3. The molecule has 1 rings (SSSR count). The molecule has 11 heteroatoms. The largest absolute Gasteiger partial charge is 0.352 e. The number of hydrogen-bond donors (Lipinski definition) is 3. The SMILES string of the molecule is NC(=O)NCCNS(=O)(=O)c1cccc(F)c1[N+](=O)[O-]. The first-order valence-electron chi connectivity index (χ1n) is 5.21. The molecule has 0 aliphatic carbocycles. The van der Waals surface area contributed by atoms with Crippen molar-refractivity contribution in [3.8, 4) is 0 Å². The molecule has 110 valence electrons. The molecular formula is C9H11FN4O5S. The fourth-order valence-electron chi connectivity index (χ4n) is 1.34. The average molecular weight is 306 g/mol. The second kappa shape index (κ2) is 6.25. The van der Waals surface area contributed by atoms with Gasteiger partial charge in [0.15, 0.2) is 4.90 Å². The van der Waals surface area contributed by atoms with Gasteiger partial charge in [0.25, 0.3) is 0 Å². The van der Waals surface area contributed by atoms with E-state index in [0.29, 0.717) is 0 Å². The van der Waals surface area contributed by atoms with Crippen LogP contribution >= 0.6 is 0 Å². The number of nitrogens with zero attached hydrogens (tertiary/aromatic N) is 1. The zero-order valence-corrected chi connectivity index (χ0v) is 10.8. The molecular weight excluding hydrogens is 295 g/mol. The molecule has 0 saturated heterocycles. The van der Waals surface area contributed by atoms with Crippen molar-refractivity contribution in [2.45, 2.75) is 4.90 Å². The third-order valence-corrected chi connectivity index (χ3v) is 3.63. The van der Waals surface area contributed by atoms with Crippen LogP contribution in [0.15, 0.2) is 23.1 Å². The number of halogens is 1. The Morgan fingerprint density at radius 1 is 1.40 bits per heavy atom. The number of hydrogen-bond acceptors (Lipinski definition) is 5. The van der Waals surface area contributed by atoms with Gasteiger partial charge in [-0.3, -0.25) is 10.1 Å². The maximum Gasteiger partial charge on any atom is 0.324 e. The van der Waals surface area contributed by atoms with Gasteiger partial charge < -0.3 is 11.1 Å². The van der Waals surface area contributed by atoms with E-state index in [2.05, 4.69) is 5.32 Å². The number of rotatable bonds is 6. The van der Waals surface area contributed by atoms with Gasteiger partial charge in [-0.25, -0.2) is 17.9 Å². The molecule has 1 aromatic carbocycles. The van der Waals surface area contributed by atoms with Crippen LogP contribution in [0.25, 0.3) is 0 Å². The molecule has 4 N–H and O–H groups in total. The van der Waals surface area contributed by atoms with Gasteiger partial charge in [0.2, 0.25) is 15.8 Å². The van der Waals surface area contributed by atoms with E-state index in [1.165, 1.54) is 0 Å². The van der Waals surface area contributed by atoms with Crippen molar-refractivity contribution in [3.63, 3.8) is 0 Å². The van der Waals surface area contributed by atoms with Gasteiger partial charge >= 0.3 is 11.7 Å². The lowest BCUT2D eigenvalue weighted by atomic mass is 10.3. The van der Waals surface area contributed by atoms with Crippen molar-refractivity contribution < 1.29 is 22.5 Å². The first kappa shape index (κ1) is 15.8. The zero-order valence-electron chi connectivity index (χ0n) is 10.00. The van der Waals surface area contributed by atoms with Crippen molar-refractivity contribution in [3.05, 3.63) is 34.1 Å². The van der Waals surface area contributed by atoms with Gasteiger partial charge in [-0.2, -0.15) is 4.39 Å². The van der Waals surface area contributed by atoms with Gasteiger partial charge in [0.1, 0.15) is 0 Å². The summed E-state index contributed by atoms with van der Waals surface area (Å²) < 4.78 is 39.0. The van der Waals surface area contributed by atoms with Crippen LogP contribution in [0, 0.1) is 15.9 Å². The number of nitro groups is 1. The number of carbonyl (C=O) groups is 1. The molecule has 0 fully saturated rings. The minimum atomic E-state index is -4.28. The van der Waals surface area contributed by atoms with Crippen LogP contribution in [0.3, 0.4) is 0 Å². The summed E-state index contributed by atoms with van der Waals surface area (Å²) in [5.74, 6) is -1.26. The molecule has 1 aromatic rings. The monoisotopic (exact) mass is 306 g/mol. The molecule has 20 heavy (non-hydrogen) atoms. The minimum Gasteiger partial charge on any atom is -0.352 e. The average Bonchev–Trinajstić information content (AvgIpc) is 2.33. The fourth-order valence-corrected chi connectivity index (χ4v) is 2.55. The molecule has 0 heterocycles. The Kier molecular flexibility index (Phi) is 4.94. The summed E-state index contributed by atoms with van der Waals surface area (Å²) in [6.45, 7) is -0.364. The molecule has 2 amide bonds. The minimum absolute atomic E-state index is 0.113. The number of para-hydroxylation sites is 1. The summed E-state index contributed by atoms with van der Waals surface area (Å²) >= 11 is 0. The van der Waals surface area contributed by atoms with E-state index < -0.39 is 37.4 Å². The van der Waals surface area contributed by atoms with E-state index >= 15 is 0 Å². The Hall–Kier alpha value is -2.27. The van der Waals surface area contributed by atoms with Gasteiger partial charge in [0.05, 0.1) is 4.92 Å². The van der Waals surface area contributed by atoms with Crippen LogP contribution in [0.5, 0.6) is 0 Å². The van der Waals surface area contributed by atoms with Crippen LogP contribution < -0.4 is 15.8 Å². The molecule has 0 radical (unpaired) electrons. The van der Waals surface area contributed by atoms with Crippen molar-refractivity contribution in [1.29, 1.82) is 0 Å². The molecule has 0 unspecified atom stereocenters. The first-order chi connectivity index (χ1) is 9.25. The molecule has 0 bridgehead atoms. The van der Waals surface area contributed by atoms with Gasteiger partial charge in [-0.05, 0) is 12.1 Å². The third-order valence-electron chi connectivity index (χ3n) is 2.14. The van der Waals surface area contributed by atoms with E-state index in [0.717, 1.165) is 18.2 Å². The smallest absolute Gasteiger partial charge is 0.324 e. The predicted octanol–water partition coefficient (Wildman–Crippen LogP) is -0.319. The number of primary amides is 1. The number of nitrogens with two attached hydrogens (primary N) is 1. The predicted molar refractivity (Wildman–Crippen MR) is 65.8 cm³/mol. The number of amides is 2. The number of nitro benzene ring substituents is 1. The highest BCUT2D eigenvalue weighted by Crippen LogP contribution is 2.26. The topological polar surface area (TPSA) is 144 Å². The normalized spacial score (nSPS) is 11.1. The lowest BCUT2D eigenvalue weighted by molar-refractivity contribution is -0.390. The number of carbonyl (C=O) groups excluding carboxylic acids is 1. The van der Waals surface area contributed by atoms with Crippen LogP contribution in [-0.4, -0.2) is 32.5 Å². The highest BCUT2D eigenvalue weighted by molar-refractivity contribution is 7.89. The van der Waals surface area contributed by atoms with E-state index in [1.807, 2.05) is 4.72 Å². The van der Waals surface area contributed by atoms with Crippen LogP contribution in [0.1, 0.15) is 0 Å². The van der Waals surface area contributed by atoms with E-state index in [9.17, 15) is 27.7 Å². The Bertz CT molecular complexity index is 633. The molecule has 0 spiro atoms. The highest BCUT2D eigenvalue weighted by atomic mass is 32.2. The Balaban J connectivity index is 2.96. The lowest BCUT2D eigenvalue weighted by Gasteiger charge is -2.07. The summed E-state index contributed by atoms with van der Waals surface area (Å²) in [4.78, 5) is 19.2. The molecule has 0 aliphatic heterocycles. The van der Waals surface area contributed by atoms with E-state index in [4.69, 9.17) is 5.73 Å². The van der Waals surface area contributed by atoms with Crippen molar-refractivity contribution >= 4 is 21.7 Å². The highest BCUT2D eigenvalue weighted by Gasteiger charge is 2.28. The summed E-state index contributed by atoms with van der Waals surface area (Å²) in [5.41, 5.74) is 3.63. The second-order valence-electron chi connectivity index (χ2n) is 3.53. The third kappa shape index (κ3) is 3.86. The van der Waals surface area contributed by atoms with E-state index in [1.54, 1.807) is 0 Å². The molecule has 0 atom stereocenters. The number of sulfonamides is 1. The quantitative estimate of drug-likeness (QED) is 0.375. The summed E-state index contributed by atoms with van der Waals surface area (Å²) in [6, 6.07) is 1.89. The number of benzene rings is 1. The summed E-state index contributed by atoms with van der Waals surface area (Å²) in [7, 11) is -4.28. The Morgan fingerprint density at radius 3 is 2.60 bits per heavy atom. The Morgan fingerprint density at radius 2 is 2.05 bits per heavy atom. The van der Waals surface area contributed by atoms with Gasteiger partial charge in [-0.1, -0.05) is 6.07 Å². The standard InChI is InChI=1S/C9H11FN4O5S/c10-6-2-1-3-7(8(6)14(16)17)20(18,19)13-5-4-12-9(11)15/h1-3,13H,4-5H2,(H3,11,12,15). The van der Waals surface area contributed by atoms with Crippen molar-refractivity contribution in [1.82, 2.24) is 10.0 Å². The zero-order chi connectivity index (χ0) is 15.3. The van der Waals surface area contributed by atoms with Gasteiger partial charge in [-0.15, -0.1) is 0 Å². The van der Waals surface area contributed by atoms with Crippen LogP contribution in [-0.2, 0) is 10.0 Å². The first-order valence-corrected chi connectivity index (χ1v) is 6.70. The van der Waals surface area contributed by atoms with Crippen LogP contribution in [0.2, 0.25) is 0 Å². The molecule has 0 saturated carbocycles. The lowest BCUT2D eigenvalue weighted by Crippen LogP contribution is -2.37. The summed E-state index contributed by atoms with van der Waals surface area (Å²) in [6.07, 6.45) is 0. The molecule has 0 aliphatic rings.